The minimum Gasteiger partial charge on any atom is -0.352 e. The molecule has 20 heavy (non-hydrogen) atoms. The predicted octanol–water partition coefficient (Wildman–Crippen LogP) is 2.70. The maximum Gasteiger partial charge on any atom is 0.182 e. The van der Waals surface area contributed by atoms with Crippen LogP contribution in [-0.4, -0.2) is 16.5 Å². The fourth-order valence-corrected chi connectivity index (χ4v) is 1.99. The number of nitrogens with zero attached hydrogens (tertiary/aromatic N) is 4. The average Bonchev–Trinajstić information content (AvgIpc) is 2.45. The fourth-order valence-electron chi connectivity index (χ4n) is 1.99. The Morgan fingerprint density at radius 3 is 2.65 bits per heavy atom. The molecule has 102 valence electrons. The van der Waals surface area contributed by atoms with E-state index in [-0.39, 0.29) is 0 Å². The molecule has 0 saturated heterocycles. The molecule has 1 aromatic carbocycles. The molecule has 0 aliphatic rings. The summed E-state index contributed by atoms with van der Waals surface area (Å²) in [6.45, 7) is 5.51. The zero-order valence-corrected chi connectivity index (χ0v) is 11.7. The largest absolute Gasteiger partial charge is 0.352 e. The summed E-state index contributed by atoms with van der Waals surface area (Å²) in [5.74, 6) is 2.00. The highest BCUT2D eigenvalue weighted by Crippen LogP contribution is 2.18. The maximum absolute atomic E-state index is 8.70. The van der Waals surface area contributed by atoms with Gasteiger partial charge in [0.15, 0.2) is 6.19 Å². The molecule has 0 aliphatic heterocycles. The molecule has 1 aromatic heterocycles. The molecule has 0 aliphatic carbocycles. The van der Waals surface area contributed by atoms with Gasteiger partial charge in [0, 0.05) is 19.2 Å². The molecule has 2 aromatic rings. The van der Waals surface area contributed by atoms with Crippen LogP contribution in [0.2, 0.25) is 0 Å². The van der Waals surface area contributed by atoms with Gasteiger partial charge < -0.3 is 4.90 Å². The number of nitrogens with one attached hydrogen (secondary N) is 1. The minimum atomic E-state index is 0.529. The quantitative estimate of drug-likeness (QED) is 0.666. The molecule has 0 amide bonds. The van der Waals surface area contributed by atoms with Crippen LogP contribution in [0.25, 0.3) is 0 Å². The van der Waals surface area contributed by atoms with Crippen LogP contribution in [0.3, 0.4) is 0 Å². The van der Waals surface area contributed by atoms with Gasteiger partial charge in [-0.2, -0.15) is 5.26 Å². The van der Waals surface area contributed by atoms with Crippen molar-refractivity contribution < 1.29 is 0 Å². The third-order valence-corrected chi connectivity index (χ3v) is 2.93. The zero-order valence-electron chi connectivity index (χ0n) is 11.7. The van der Waals surface area contributed by atoms with Crippen molar-refractivity contribution in [1.29, 1.82) is 5.26 Å². The van der Waals surface area contributed by atoms with Crippen LogP contribution >= 0.6 is 0 Å². The van der Waals surface area contributed by atoms with Crippen molar-refractivity contribution in [3.63, 3.8) is 0 Å². The molecule has 5 nitrogen and oxygen atoms in total. The second-order valence-electron chi connectivity index (χ2n) is 4.40. The van der Waals surface area contributed by atoms with Gasteiger partial charge in [0.05, 0.1) is 0 Å². The monoisotopic (exact) mass is 267 g/mol. The number of nitriles is 1. The van der Waals surface area contributed by atoms with Crippen molar-refractivity contribution in [3.8, 4) is 6.19 Å². The van der Waals surface area contributed by atoms with Crippen LogP contribution in [0.5, 0.6) is 0 Å². The van der Waals surface area contributed by atoms with Crippen LogP contribution in [0.15, 0.2) is 36.4 Å². The zero-order chi connectivity index (χ0) is 14.4. The lowest BCUT2D eigenvalue weighted by Gasteiger charge is -2.22. The summed E-state index contributed by atoms with van der Waals surface area (Å²) in [6, 6.07) is 12.0. The van der Waals surface area contributed by atoms with E-state index in [1.807, 2.05) is 31.3 Å². The summed E-state index contributed by atoms with van der Waals surface area (Å²) in [5, 5.41) is 11.3. The van der Waals surface area contributed by atoms with Gasteiger partial charge in [-0.15, -0.1) is 0 Å². The van der Waals surface area contributed by atoms with Crippen molar-refractivity contribution >= 4 is 11.6 Å². The van der Waals surface area contributed by atoms with Crippen molar-refractivity contribution in [1.82, 2.24) is 9.97 Å². The smallest absolute Gasteiger partial charge is 0.182 e. The summed E-state index contributed by atoms with van der Waals surface area (Å²) in [6.07, 6.45) is 1.89. The van der Waals surface area contributed by atoms with Gasteiger partial charge in [-0.25, -0.2) is 9.97 Å². The molecule has 1 heterocycles. The summed E-state index contributed by atoms with van der Waals surface area (Å²) in [5.41, 5.74) is 1.22. The Labute approximate surface area is 118 Å². The number of aromatic nitrogens is 2. The van der Waals surface area contributed by atoms with E-state index in [1.165, 1.54) is 5.56 Å². The molecule has 2 rings (SSSR count). The van der Waals surface area contributed by atoms with E-state index in [0.717, 1.165) is 18.9 Å². The highest BCUT2D eigenvalue weighted by Gasteiger charge is 2.09. The Morgan fingerprint density at radius 1 is 1.25 bits per heavy atom. The van der Waals surface area contributed by atoms with E-state index >= 15 is 0 Å². The standard InChI is InChI=1S/C15H17N5/c1-3-20(10-13-7-5-4-6-8-13)15-9-14(17-11-16)18-12(2)19-15/h4-9H,3,10H2,1-2H3,(H,17,18,19). The Bertz CT molecular complexity index is 603. The van der Waals surface area contributed by atoms with E-state index in [4.69, 9.17) is 5.26 Å². The first-order valence-corrected chi connectivity index (χ1v) is 6.52. The van der Waals surface area contributed by atoms with Crippen molar-refractivity contribution in [2.75, 3.05) is 16.8 Å². The molecule has 1 N–H and O–H groups in total. The second-order valence-corrected chi connectivity index (χ2v) is 4.40. The summed E-state index contributed by atoms with van der Waals surface area (Å²) >= 11 is 0. The highest BCUT2D eigenvalue weighted by atomic mass is 15.2. The first kappa shape index (κ1) is 13.8. The SMILES string of the molecule is CCN(Cc1ccccc1)c1cc(NC#N)nc(C)n1. The van der Waals surface area contributed by atoms with Gasteiger partial charge in [0.1, 0.15) is 17.5 Å². The van der Waals surface area contributed by atoms with Crippen molar-refractivity contribution in [3.05, 3.63) is 47.8 Å². The number of aryl methyl sites for hydroxylation is 1. The molecule has 0 fully saturated rings. The highest BCUT2D eigenvalue weighted by molar-refractivity contribution is 5.51. The molecular weight excluding hydrogens is 250 g/mol. The van der Waals surface area contributed by atoms with E-state index in [0.29, 0.717) is 11.6 Å². The van der Waals surface area contributed by atoms with Crippen LogP contribution in [0, 0.1) is 18.4 Å². The molecule has 0 radical (unpaired) electrons. The van der Waals surface area contributed by atoms with Gasteiger partial charge in [0.25, 0.3) is 0 Å². The number of hydrogen-bond donors (Lipinski definition) is 1. The van der Waals surface area contributed by atoms with Gasteiger partial charge in [-0.3, -0.25) is 5.32 Å². The van der Waals surface area contributed by atoms with Gasteiger partial charge >= 0.3 is 0 Å². The van der Waals surface area contributed by atoms with Crippen molar-refractivity contribution in [2.45, 2.75) is 20.4 Å². The maximum atomic E-state index is 8.70. The van der Waals surface area contributed by atoms with E-state index in [2.05, 4.69) is 39.2 Å². The molecule has 0 spiro atoms. The Hall–Kier alpha value is -2.61. The van der Waals surface area contributed by atoms with Crippen molar-refractivity contribution in [2.24, 2.45) is 0 Å². The Balaban J connectivity index is 2.25. The van der Waals surface area contributed by atoms with E-state index in [1.54, 1.807) is 6.07 Å². The molecule has 0 unspecified atom stereocenters. The molecule has 0 atom stereocenters. The molecule has 0 bridgehead atoms. The lowest BCUT2D eigenvalue weighted by Crippen LogP contribution is -2.23. The van der Waals surface area contributed by atoms with Crippen LogP contribution in [0.4, 0.5) is 11.6 Å². The molecule has 0 saturated carbocycles. The van der Waals surface area contributed by atoms with Gasteiger partial charge in [-0.1, -0.05) is 30.3 Å². The van der Waals surface area contributed by atoms with Crippen LogP contribution in [0.1, 0.15) is 18.3 Å². The lowest BCUT2D eigenvalue weighted by molar-refractivity contribution is 0.805. The first-order valence-electron chi connectivity index (χ1n) is 6.52. The Morgan fingerprint density at radius 2 is 2.00 bits per heavy atom. The number of anilines is 2. The average molecular weight is 267 g/mol. The number of hydrogen-bond acceptors (Lipinski definition) is 5. The van der Waals surface area contributed by atoms with E-state index < -0.39 is 0 Å². The number of benzene rings is 1. The lowest BCUT2D eigenvalue weighted by atomic mass is 10.2. The third kappa shape index (κ3) is 3.45. The normalized spacial score (nSPS) is 9.85. The fraction of sp³-hybridized carbons (Fsp3) is 0.267. The Kier molecular flexibility index (Phi) is 4.51. The van der Waals surface area contributed by atoms with Crippen LogP contribution < -0.4 is 10.2 Å². The third-order valence-electron chi connectivity index (χ3n) is 2.93. The van der Waals surface area contributed by atoms with Gasteiger partial charge in [-0.05, 0) is 19.4 Å². The minimum absolute atomic E-state index is 0.529. The summed E-state index contributed by atoms with van der Waals surface area (Å²) in [7, 11) is 0. The molecular formula is C15H17N5. The second kappa shape index (κ2) is 6.53. The number of rotatable bonds is 5. The summed E-state index contributed by atoms with van der Waals surface area (Å²) < 4.78 is 0. The summed E-state index contributed by atoms with van der Waals surface area (Å²) in [4.78, 5) is 10.8. The van der Waals surface area contributed by atoms with E-state index in [9.17, 15) is 0 Å². The first-order chi connectivity index (χ1) is 9.72. The van der Waals surface area contributed by atoms with Gasteiger partial charge in [0.2, 0.25) is 0 Å². The predicted molar refractivity (Wildman–Crippen MR) is 79.2 cm³/mol. The topological polar surface area (TPSA) is 64.8 Å². The van der Waals surface area contributed by atoms with Crippen LogP contribution in [-0.2, 0) is 6.54 Å². The molecule has 5 heteroatoms.